The van der Waals surface area contributed by atoms with Crippen LogP contribution in [0.25, 0.3) is 0 Å². The van der Waals surface area contributed by atoms with E-state index in [0.717, 1.165) is 24.0 Å². The highest BCUT2D eigenvalue weighted by Crippen LogP contribution is 2.44. The van der Waals surface area contributed by atoms with Gasteiger partial charge >= 0.3 is 11.9 Å². The maximum atomic E-state index is 12.8. The van der Waals surface area contributed by atoms with Crippen LogP contribution >= 0.6 is 0 Å². The van der Waals surface area contributed by atoms with Crippen molar-refractivity contribution in [2.24, 2.45) is 11.8 Å². The highest BCUT2D eigenvalue weighted by atomic mass is 16.5. The molecule has 0 amide bonds. The third-order valence-electron chi connectivity index (χ3n) is 8.44. The molecular formula is C29H46N2O4. The van der Waals surface area contributed by atoms with Crippen LogP contribution in [-0.4, -0.2) is 59.3 Å². The number of nitrogens with zero attached hydrogens (tertiary/aromatic N) is 1. The van der Waals surface area contributed by atoms with Crippen LogP contribution in [0.4, 0.5) is 0 Å². The Morgan fingerprint density at radius 2 is 1.29 bits per heavy atom. The molecule has 0 spiro atoms. The highest BCUT2D eigenvalue weighted by molar-refractivity contribution is 5.75. The lowest BCUT2D eigenvalue weighted by Crippen LogP contribution is -2.48. The fraction of sp³-hybridized carbons (Fsp3) is 0.724. The van der Waals surface area contributed by atoms with Crippen molar-refractivity contribution in [2.45, 2.75) is 103 Å². The first-order valence-corrected chi connectivity index (χ1v) is 13.0. The van der Waals surface area contributed by atoms with Crippen molar-refractivity contribution >= 4 is 11.9 Å². The van der Waals surface area contributed by atoms with Crippen molar-refractivity contribution in [1.82, 2.24) is 10.2 Å². The SMILES string of the molecule is CN1C(C)(C)CC(C(=O)OCCc2ccc(CCOC(=O)C3CC(C)(C)NC3(C)C)cc2)C1(C)C. The number of hydrogen-bond donors (Lipinski definition) is 1. The molecule has 0 aromatic heterocycles. The fourth-order valence-corrected chi connectivity index (χ4v) is 6.04. The molecule has 2 unspecified atom stereocenters. The average Bonchev–Trinajstić information content (AvgIpc) is 3.08. The van der Waals surface area contributed by atoms with Gasteiger partial charge in [-0.3, -0.25) is 14.5 Å². The summed E-state index contributed by atoms with van der Waals surface area (Å²) in [6.45, 7) is 17.7. The molecule has 2 heterocycles. The van der Waals surface area contributed by atoms with Gasteiger partial charge in [-0.05, 0) is 86.4 Å². The molecule has 6 nitrogen and oxygen atoms in total. The molecule has 0 saturated carbocycles. The van der Waals surface area contributed by atoms with Crippen LogP contribution in [0.15, 0.2) is 24.3 Å². The monoisotopic (exact) mass is 486 g/mol. The smallest absolute Gasteiger partial charge is 0.310 e. The minimum Gasteiger partial charge on any atom is -0.465 e. The standard InChI is InChI=1S/C29H46N2O4/c1-26(2)18-22(28(5,6)30-26)24(32)34-16-14-20-10-12-21(13-11-20)15-17-35-25(33)23-19-27(3,4)31(9)29(23,7)8/h10-13,22-23,30H,14-19H2,1-9H3. The average molecular weight is 487 g/mol. The number of ether oxygens (including phenoxy) is 2. The van der Waals surface area contributed by atoms with E-state index in [2.05, 4.69) is 96.9 Å². The van der Waals surface area contributed by atoms with Gasteiger partial charge in [0.05, 0.1) is 25.0 Å². The number of carbonyl (C=O) groups is 2. The Morgan fingerprint density at radius 1 is 0.829 bits per heavy atom. The lowest BCUT2D eigenvalue weighted by Gasteiger charge is -2.37. The predicted molar refractivity (Wildman–Crippen MR) is 139 cm³/mol. The summed E-state index contributed by atoms with van der Waals surface area (Å²) in [7, 11) is 2.09. The zero-order chi connectivity index (χ0) is 26.2. The van der Waals surface area contributed by atoms with Crippen LogP contribution < -0.4 is 5.32 Å². The Labute approximate surface area is 212 Å². The summed E-state index contributed by atoms with van der Waals surface area (Å²) in [4.78, 5) is 27.7. The summed E-state index contributed by atoms with van der Waals surface area (Å²) in [6, 6.07) is 8.25. The molecular weight excluding hydrogens is 440 g/mol. The minimum absolute atomic E-state index is 0.0157. The molecule has 3 rings (SSSR count). The molecule has 2 saturated heterocycles. The maximum Gasteiger partial charge on any atom is 0.310 e. The maximum absolute atomic E-state index is 12.8. The molecule has 0 radical (unpaired) electrons. The Kier molecular flexibility index (Phi) is 7.79. The van der Waals surface area contributed by atoms with Gasteiger partial charge < -0.3 is 14.8 Å². The van der Waals surface area contributed by atoms with Crippen molar-refractivity contribution in [3.8, 4) is 0 Å². The van der Waals surface area contributed by atoms with Crippen molar-refractivity contribution in [1.29, 1.82) is 0 Å². The van der Waals surface area contributed by atoms with Gasteiger partial charge in [-0.1, -0.05) is 24.3 Å². The largest absolute Gasteiger partial charge is 0.465 e. The van der Waals surface area contributed by atoms with E-state index in [1.54, 1.807) is 0 Å². The van der Waals surface area contributed by atoms with Crippen molar-refractivity contribution in [3.63, 3.8) is 0 Å². The summed E-state index contributed by atoms with van der Waals surface area (Å²) < 4.78 is 11.3. The van der Waals surface area contributed by atoms with Gasteiger partial charge in [-0.15, -0.1) is 0 Å². The second-order valence-electron chi connectivity index (χ2n) is 12.9. The van der Waals surface area contributed by atoms with Gasteiger partial charge in [0, 0.05) is 35.0 Å². The topological polar surface area (TPSA) is 67.9 Å². The summed E-state index contributed by atoms with van der Waals surface area (Å²) in [5.41, 5.74) is 1.70. The molecule has 0 bridgehead atoms. The molecule has 2 atom stereocenters. The molecule has 1 aromatic carbocycles. The van der Waals surface area contributed by atoms with E-state index in [1.807, 2.05) is 0 Å². The highest BCUT2D eigenvalue weighted by Gasteiger charge is 2.53. The number of nitrogens with one attached hydrogen (secondary N) is 1. The lowest BCUT2D eigenvalue weighted by atomic mass is 9.87. The molecule has 1 aromatic rings. The normalized spacial score (nSPS) is 26.4. The van der Waals surface area contributed by atoms with Crippen LogP contribution in [-0.2, 0) is 31.9 Å². The second kappa shape index (κ2) is 9.85. The first-order chi connectivity index (χ1) is 16.1. The third-order valence-corrected chi connectivity index (χ3v) is 8.44. The van der Waals surface area contributed by atoms with Gasteiger partial charge in [-0.2, -0.15) is 0 Å². The third kappa shape index (κ3) is 6.26. The second-order valence-corrected chi connectivity index (χ2v) is 12.9. The Balaban J connectivity index is 1.41. The Bertz CT molecular complexity index is 917. The zero-order valence-electron chi connectivity index (χ0n) is 23.3. The van der Waals surface area contributed by atoms with Crippen molar-refractivity contribution < 1.29 is 19.1 Å². The molecule has 196 valence electrons. The van der Waals surface area contributed by atoms with Gasteiger partial charge in [0.25, 0.3) is 0 Å². The van der Waals surface area contributed by atoms with Gasteiger partial charge in [-0.25, -0.2) is 0 Å². The summed E-state index contributed by atoms with van der Waals surface area (Å²) in [6.07, 6.45) is 2.96. The molecule has 35 heavy (non-hydrogen) atoms. The molecule has 2 aliphatic rings. The Hall–Kier alpha value is -1.92. The van der Waals surface area contributed by atoms with Crippen LogP contribution in [0.5, 0.6) is 0 Å². The summed E-state index contributed by atoms with van der Waals surface area (Å²) in [5.74, 6) is -0.477. The van der Waals surface area contributed by atoms with E-state index < -0.39 is 0 Å². The molecule has 1 N–H and O–H groups in total. The fourth-order valence-electron chi connectivity index (χ4n) is 6.04. The van der Waals surface area contributed by atoms with Crippen molar-refractivity contribution in [3.05, 3.63) is 35.4 Å². The van der Waals surface area contributed by atoms with Gasteiger partial charge in [0.1, 0.15) is 0 Å². The van der Waals surface area contributed by atoms with E-state index in [-0.39, 0.29) is 45.9 Å². The van der Waals surface area contributed by atoms with E-state index >= 15 is 0 Å². The summed E-state index contributed by atoms with van der Waals surface area (Å²) >= 11 is 0. The first kappa shape index (κ1) is 27.7. The molecule has 2 fully saturated rings. The molecule has 2 aliphatic heterocycles. The van der Waals surface area contributed by atoms with Crippen LogP contribution in [0.3, 0.4) is 0 Å². The number of carbonyl (C=O) groups excluding carboxylic acids is 2. The lowest BCUT2D eigenvalue weighted by molar-refractivity contribution is -0.151. The quantitative estimate of drug-likeness (QED) is 0.545. The predicted octanol–water partition coefficient (Wildman–Crippen LogP) is 4.53. The van der Waals surface area contributed by atoms with E-state index in [4.69, 9.17) is 9.47 Å². The van der Waals surface area contributed by atoms with E-state index in [0.29, 0.717) is 26.1 Å². The van der Waals surface area contributed by atoms with Crippen molar-refractivity contribution in [2.75, 3.05) is 20.3 Å². The Morgan fingerprint density at radius 3 is 1.66 bits per heavy atom. The number of rotatable bonds is 8. The number of esters is 2. The van der Waals surface area contributed by atoms with Crippen LogP contribution in [0.1, 0.15) is 79.4 Å². The number of hydrogen-bond acceptors (Lipinski definition) is 6. The van der Waals surface area contributed by atoms with E-state index in [9.17, 15) is 9.59 Å². The van der Waals surface area contributed by atoms with Crippen LogP contribution in [0.2, 0.25) is 0 Å². The molecule has 0 aliphatic carbocycles. The number of benzene rings is 1. The first-order valence-electron chi connectivity index (χ1n) is 13.0. The van der Waals surface area contributed by atoms with Gasteiger partial charge in [0.2, 0.25) is 0 Å². The van der Waals surface area contributed by atoms with E-state index in [1.165, 1.54) is 0 Å². The summed E-state index contributed by atoms with van der Waals surface area (Å²) in [5, 5.41) is 3.53. The van der Waals surface area contributed by atoms with Gasteiger partial charge in [0.15, 0.2) is 0 Å². The zero-order valence-corrected chi connectivity index (χ0v) is 23.3. The number of likely N-dealkylation sites (tertiary alicyclic amines) is 1. The van der Waals surface area contributed by atoms with Crippen LogP contribution in [0, 0.1) is 11.8 Å². The minimum atomic E-state index is -0.259. The molecule has 6 heteroatoms.